The molecule has 0 radical (unpaired) electrons. The zero-order valence-electron chi connectivity index (χ0n) is 11.2. The monoisotopic (exact) mass is 261 g/mol. The summed E-state index contributed by atoms with van der Waals surface area (Å²) in [5.41, 5.74) is 9.67. The molecular weight excluding hydrogens is 238 g/mol. The maximum absolute atomic E-state index is 5.99. The smallest absolute Gasteiger partial charge is 0.0189 e. The van der Waals surface area contributed by atoms with Gasteiger partial charge in [0.1, 0.15) is 0 Å². The Balaban J connectivity index is 1.81. The number of rotatable bonds is 2. The lowest BCUT2D eigenvalue weighted by molar-refractivity contribution is -0.00561. The predicted octanol–water partition coefficient (Wildman–Crippen LogP) is 3.98. The van der Waals surface area contributed by atoms with Crippen molar-refractivity contribution in [3.05, 3.63) is 21.4 Å². The first-order chi connectivity index (χ1) is 8.70. The standard InChI is InChI=1S/C16H23NS/c1-10-15(14(8-17)9-18-10)16-5-11-2-12(6-16)4-13(3-11)7-16/h9,11-13H,2-8,17H2,1H3. The molecule has 2 heteroatoms. The van der Waals surface area contributed by atoms with Crippen LogP contribution in [0.3, 0.4) is 0 Å². The molecule has 0 aromatic carbocycles. The van der Waals surface area contributed by atoms with Crippen molar-refractivity contribution in [3.8, 4) is 0 Å². The van der Waals surface area contributed by atoms with Crippen molar-refractivity contribution in [2.24, 2.45) is 23.5 Å². The Morgan fingerprint density at radius 3 is 2.22 bits per heavy atom. The summed E-state index contributed by atoms with van der Waals surface area (Å²) in [5.74, 6) is 3.09. The van der Waals surface area contributed by atoms with Crippen LogP contribution in [0, 0.1) is 24.7 Å². The van der Waals surface area contributed by atoms with Crippen LogP contribution in [0.5, 0.6) is 0 Å². The van der Waals surface area contributed by atoms with Gasteiger partial charge in [-0.05, 0) is 85.1 Å². The van der Waals surface area contributed by atoms with Gasteiger partial charge in [0, 0.05) is 11.4 Å². The average molecular weight is 261 g/mol. The Labute approximate surface area is 114 Å². The minimum absolute atomic E-state index is 0.535. The highest BCUT2D eigenvalue weighted by atomic mass is 32.1. The van der Waals surface area contributed by atoms with Gasteiger partial charge in [0.05, 0.1) is 0 Å². The Morgan fingerprint density at radius 1 is 1.17 bits per heavy atom. The first-order valence-corrected chi connectivity index (χ1v) is 8.35. The van der Waals surface area contributed by atoms with Gasteiger partial charge < -0.3 is 5.73 Å². The highest BCUT2D eigenvalue weighted by Gasteiger charge is 2.52. The maximum atomic E-state index is 5.99. The van der Waals surface area contributed by atoms with Crippen molar-refractivity contribution in [1.29, 1.82) is 0 Å². The van der Waals surface area contributed by atoms with Gasteiger partial charge in [0.15, 0.2) is 0 Å². The Morgan fingerprint density at radius 2 is 1.72 bits per heavy atom. The van der Waals surface area contributed by atoms with Crippen molar-refractivity contribution < 1.29 is 0 Å². The van der Waals surface area contributed by atoms with Crippen LogP contribution in [0.4, 0.5) is 0 Å². The van der Waals surface area contributed by atoms with Gasteiger partial charge >= 0.3 is 0 Å². The van der Waals surface area contributed by atoms with E-state index >= 15 is 0 Å². The number of thiophene rings is 1. The molecule has 0 amide bonds. The fourth-order valence-corrected chi connectivity index (χ4v) is 6.78. The van der Waals surface area contributed by atoms with Gasteiger partial charge in [0.2, 0.25) is 0 Å². The van der Waals surface area contributed by atoms with Crippen LogP contribution in [0.15, 0.2) is 5.38 Å². The Kier molecular flexibility index (Phi) is 2.44. The van der Waals surface area contributed by atoms with Gasteiger partial charge in [-0.2, -0.15) is 0 Å². The number of hydrogen-bond donors (Lipinski definition) is 1. The number of aryl methyl sites for hydroxylation is 1. The van der Waals surface area contributed by atoms with Crippen molar-refractivity contribution in [2.75, 3.05) is 0 Å². The van der Waals surface area contributed by atoms with Gasteiger partial charge in [-0.25, -0.2) is 0 Å². The normalized spacial score (nSPS) is 41.6. The van der Waals surface area contributed by atoms with E-state index in [0.29, 0.717) is 5.41 Å². The number of hydrogen-bond acceptors (Lipinski definition) is 2. The van der Waals surface area contributed by atoms with Crippen molar-refractivity contribution in [3.63, 3.8) is 0 Å². The highest BCUT2D eigenvalue weighted by Crippen LogP contribution is 2.61. The summed E-state index contributed by atoms with van der Waals surface area (Å²) in [4.78, 5) is 1.55. The molecule has 4 saturated carbocycles. The molecule has 0 spiro atoms. The van der Waals surface area contributed by atoms with Gasteiger partial charge in [0.25, 0.3) is 0 Å². The molecule has 4 bridgehead atoms. The van der Waals surface area contributed by atoms with E-state index in [1.165, 1.54) is 44.1 Å². The molecule has 0 saturated heterocycles. The van der Waals surface area contributed by atoms with E-state index in [4.69, 9.17) is 5.73 Å². The molecule has 2 N–H and O–H groups in total. The molecule has 1 aromatic heterocycles. The third kappa shape index (κ3) is 1.48. The molecule has 4 aliphatic rings. The molecule has 4 fully saturated rings. The van der Waals surface area contributed by atoms with Gasteiger partial charge in [-0.1, -0.05) is 0 Å². The second kappa shape index (κ2) is 3.83. The van der Waals surface area contributed by atoms with Crippen LogP contribution in [0.25, 0.3) is 0 Å². The molecule has 0 aliphatic heterocycles. The fraction of sp³-hybridized carbons (Fsp3) is 0.750. The first kappa shape index (κ1) is 11.5. The van der Waals surface area contributed by atoms with E-state index in [0.717, 1.165) is 24.3 Å². The summed E-state index contributed by atoms with van der Waals surface area (Å²) < 4.78 is 0. The summed E-state index contributed by atoms with van der Waals surface area (Å²) in [5, 5.41) is 2.32. The van der Waals surface area contributed by atoms with Crippen LogP contribution in [0.2, 0.25) is 0 Å². The molecule has 0 atom stereocenters. The SMILES string of the molecule is Cc1scc(CN)c1C12CC3CC(CC(C3)C1)C2. The van der Waals surface area contributed by atoms with E-state index in [9.17, 15) is 0 Å². The van der Waals surface area contributed by atoms with E-state index in [1.807, 2.05) is 11.3 Å². The average Bonchev–Trinajstić information content (AvgIpc) is 2.69. The van der Waals surface area contributed by atoms with Crippen molar-refractivity contribution in [2.45, 2.75) is 57.4 Å². The zero-order valence-corrected chi connectivity index (χ0v) is 12.1. The van der Waals surface area contributed by atoms with E-state index in [-0.39, 0.29) is 0 Å². The van der Waals surface area contributed by atoms with E-state index in [2.05, 4.69) is 12.3 Å². The molecule has 1 aromatic rings. The van der Waals surface area contributed by atoms with Gasteiger partial charge in [-0.3, -0.25) is 0 Å². The van der Waals surface area contributed by atoms with Crippen LogP contribution in [0.1, 0.15) is 54.5 Å². The Hall–Kier alpha value is -0.340. The fourth-order valence-electron chi connectivity index (χ4n) is 5.78. The quantitative estimate of drug-likeness (QED) is 0.856. The van der Waals surface area contributed by atoms with E-state index < -0.39 is 0 Å². The predicted molar refractivity (Wildman–Crippen MR) is 76.8 cm³/mol. The van der Waals surface area contributed by atoms with E-state index in [1.54, 1.807) is 10.4 Å². The largest absolute Gasteiger partial charge is 0.326 e. The summed E-state index contributed by atoms with van der Waals surface area (Å²) in [7, 11) is 0. The molecule has 1 heterocycles. The second-order valence-electron chi connectivity index (χ2n) is 7.09. The summed E-state index contributed by atoms with van der Waals surface area (Å²) in [6, 6.07) is 0. The van der Waals surface area contributed by atoms with Crippen molar-refractivity contribution in [1.82, 2.24) is 0 Å². The minimum atomic E-state index is 0.535. The lowest BCUT2D eigenvalue weighted by atomic mass is 9.47. The van der Waals surface area contributed by atoms with Gasteiger partial charge in [-0.15, -0.1) is 11.3 Å². The van der Waals surface area contributed by atoms with Crippen LogP contribution in [-0.2, 0) is 12.0 Å². The molecule has 0 unspecified atom stereocenters. The topological polar surface area (TPSA) is 26.0 Å². The molecule has 18 heavy (non-hydrogen) atoms. The lowest BCUT2D eigenvalue weighted by Crippen LogP contribution is -2.49. The first-order valence-electron chi connectivity index (χ1n) is 7.48. The molecule has 1 nitrogen and oxygen atoms in total. The third-order valence-electron chi connectivity index (χ3n) is 5.84. The second-order valence-corrected chi connectivity index (χ2v) is 8.18. The van der Waals surface area contributed by atoms with Crippen molar-refractivity contribution >= 4 is 11.3 Å². The molecule has 4 aliphatic carbocycles. The number of nitrogens with two attached hydrogens (primary N) is 1. The molecule has 98 valence electrons. The minimum Gasteiger partial charge on any atom is -0.326 e. The third-order valence-corrected chi connectivity index (χ3v) is 6.80. The summed E-state index contributed by atoms with van der Waals surface area (Å²) >= 11 is 1.92. The maximum Gasteiger partial charge on any atom is 0.0189 e. The molecule has 5 rings (SSSR count). The zero-order chi connectivity index (χ0) is 12.3. The molecular formula is C16H23NS. The van der Waals surface area contributed by atoms with Crippen LogP contribution >= 0.6 is 11.3 Å². The Bertz CT molecular complexity index is 438. The van der Waals surface area contributed by atoms with Crippen LogP contribution in [-0.4, -0.2) is 0 Å². The van der Waals surface area contributed by atoms with Crippen LogP contribution < -0.4 is 5.73 Å². The highest BCUT2D eigenvalue weighted by molar-refractivity contribution is 7.10. The summed E-state index contributed by atoms with van der Waals surface area (Å²) in [6.45, 7) is 3.05. The summed E-state index contributed by atoms with van der Waals surface area (Å²) in [6.07, 6.45) is 8.97. The lowest BCUT2D eigenvalue weighted by Gasteiger charge is -2.57.